The number of rotatable bonds is 8. The summed E-state index contributed by atoms with van der Waals surface area (Å²) < 4.78 is 5.24. The first kappa shape index (κ1) is 24.9. The molecule has 0 unspecified atom stereocenters. The third-order valence-electron chi connectivity index (χ3n) is 4.62. The van der Waals surface area contributed by atoms with Gasteiger partial charge < -0.3 is 20.8 Å². The highest BCUT2D eigenvalue weighted by atomic mass is 32.2. The Kier molecular flexibility index (Phi) is 8.37. The van der Waals surface area contributed by atoms with Crippen molar-refractivity contribution in [3.05, 3.63) is 80.6 Å². The molecule has 1 amide bonds. The SMILES string of the molecule is COc1cccc(-c2nc(SCc3ccc(NC(=O)/C(SN)=C(\C)N)cc3)[nH]c(=O)c2C#N)c1. The number of ether oxygens (including phenoxy) is 1. The van der Waals surface area contributed by atoms with Crippen LogP contribution < -0.4 is 26.5 Å². The number of benzene rings is 2. The monoisotopic (exact) mass is 494 g/mol. The van der Waals surface area contributed by atoms with Gasteiger partial charge in [-0.2, -0.15) is 5.26 Å². The number of H-pyrrole nitrogens is 1. The molecule has 2 aromatic carbocycles. The van der Waals surface area contributed by atoms with E-state index in [1.54, 1.807) is 50.4 Å². The van der Waals surface area contributed by atoms with Crippen molar-refractivity contribution in [3.8, 4) is 23.1 Å². The fourth-order valence-electron chi connectivity index (χ4n) is 2.95. The summed E-state index contributed by atoms with van der Waals surface area (Å²) >= 11 is 2.12. The molecule has 0 saturated heterocycles. The molecule has 0 aliphatic heterocycles. The molecule has 3 rings (SSSR count). The van der Waals surface area contributed by atoms with E-state index in [4.69, 9.17) is 15.6 Å². The molecule has 0 fully saturated rings. The summed E-state index contributed by atoms with van der Waals surface area (Å²) in [5, 5.41) is 18.1. The number of aromatic amines is 1. The van der Waals surface area contributed by atoms with Crippen LogP contribution in [0, 0.1) is 11.3 Å². The number of carbonyl (C=O) groups is 1. The number of nitriles is 1. The molecule has 0 aliphatic rings. The summed E-state index contributed by atoms with van der Waals surface area (Å²) in [5.41, 5.74) is 7.89. The molecule has 1 aromatic heterocycles. The molecule has 174 valence electrons. The van der Waals surface area contributed by atoms with E-state index in [0.29, 0.717) is 39.3 Å². The van der Waals surface area contributed by atoms with Gasteiger partial charge in [0.1, 0.15) is 22.3 Å². The van der Waals surface area contributed by atoms with Crippen molar-refractivity contribution < 1.29 is 9.53 Å². The molecule has 0 bridgehead atoms. The quantitative estimate of drug-likeness (QED) is 0.159. The largest absolute Gasteiger partial charge is 0.497 e. The minimum Gasteiger partial charge on any atom is -0.497 e. The van der Waals surface area contributed by atoms with Crippen molar-refractivity contribution in [2.24, 2.45) is 10.9 Å². The molecule has 0 atom stereocenters. The molecule has 11 heteroatoms. The second kappa shape index (κ2) is 11.4. The van der Waals surface area contributed by atoms with Gasteiger partial charge in [-0.1, -0.05) is 36.0 Å². The van der Waals surface area contributed by atoms with E-state index in [2.05, 4.69) is 15.3 Å². The van der Waals surface area contributed by atoms with Gasteiger partial charge in [0.05, 0.1) is 12.8 Å². The van der Waals surface area contributed by atoms with Crippen LogP contribution in [0.15, 0.2) is 69.1 Å². The molecule has 0 radical (unpaired) electrons. The van der Waals surface area contributed by atoms with Crippen LogP contribution in [0.2, 0.25) is 0 Å². The Labute approximate surface area is 204 Å². The Hall–Kier alpha value is -3.72. The van der Waals surface area contributed by atoms with Gasteiger partial charge in [0.25, 0.3) is 11.5 Å². The molecule has 6 N–H and O–H groups in total. The van der Waals surface area contributed by atoms with Crippen LogP contribution in [0.1, 0.15) is 18.1 Å². The molecule has 1 heterocycles. The number of allylic oxidation sites excluding steroid dienone is 1. The van der Waals surface area contributed by atoms with Crippen molar-refractivity contribution in [3.63, 3.8) is 0 Å². The van der Waals surface area contributed by atoms with Crippen molar-refractivity contribution in [1.82, 2.24) is 9.97 Å². The average Bonchev–Trinajstić information content (AvgIpc) is 2.83. The molecular formula is C23H22N6O3S2. The minimum atomic E-state index is -0.507. The minimum absolute atomic E-state index is 0.0607. The van der Waals surface area contributed by atoms with E-state index in [9.17, 15) is 14.9 Å². The van der Waals surface area contributed by atoms with E-state index in [0.717, 1.165) is 17.5 Å². The number of nitrogens with zero attached hydrogens (tertiary/aromatic N) is 2. The lowest BCUT2D eigenvalue weighted by Crippen LogP contribution is -2.17. The normalized spacial score (nSPS) is 11.4. The van der Waals surface area contributed by atoms with Gasteiger partial charge in [0.2, 0.25) is 0 Å². The number of nitrogens with two attached hydrogens (primary N) is 2. The lowest BCUT2D eigenvalue weighted by Gasteiger charge is -2.09. The van der Waals surface area contributed by atoms with E-state index in [1.807, 2.05) is 18.2 Å². The van der Waals surface area contributed by atoms with E-state index in [-0.39, 0.29) is 16.4 Å². The topological polar surface area (TPSA) is 160 Å². The maximum absolute atomic E-state index is 12.5. The summed E-state index contributed by atoms with van der Waals surface area (Å²) in [6, 6.07) is 16.2. The third-order valence-corrected chi connectivity index (χ3v) is 6.31. The summed E-state index contributed by atoms with van der Waals surface area (Å²) in [6.45, 7) is 1.61. The molecule has 0 aliphatic carbocycles. The van der Waals surface area contributed by atoms with Gasteiger partial charge in [-0.3, -0.25) is 14.7 Å². The lowest BCUT2D eigenvalue weighted by molar-refractivity contribution is -0.112. The molecule has 0 saturated carbocycles. The van der Waals surface area contributed by atoms with E-state index in [1.165, 1.54) is 11.8 Å². The van der Waals surface area contributed by atoms with Gasteiger partial charge in [0, 0.05) is 22.7 Å². The van der Waals surface area contributed by atoms with E-state index >= 15 is 0 Å². The van der Waals surface area contributed by atoms with Crippen LogP contribution in [0.5, 0.6) is 5.75 Å². The van der Waals surface area contributed by atoms with Crippen LogP contribution in [-0.2, 0) is 10.5 Å². The Balaban J connectivity index is 1.76. The summed E-state index contributed by atoms with van der Waals surface area (Å²) in [5.74, 6) is 0.727. The zero-order chi connectivity index (χ0) is 24.7. The highest BCUT2D eigenvalue weighted by Gasteiger charge is 2.15. The maximum atomic E-state index is 12.5. The number of methoxy groups -OCH3 is 1. The lowest BCUT2D eigenvalue weighted by atomic mass is 10.1. The Morgan fingerprint density at radius 2 is 2.00 bits per heavy atom. The zero-order valence-corrected chi connectivity index (χ0v) is 20.0. The van der Waals surface area contributed by atoms with Gasteiger partial charge in [0.15, 0.2) is 5.16 Å². The van der Waals surface area contributed by atoms with Gasteiger partial charge in [-0.15, -0.1) is 0 Å². The number of amides is 1. The van der Waals surface area contributed by atoms with Crippen molar-refractivity contribution in [2.45, 2.75) is 17.8 Å². The van der Waals surface area contributed by atoms with E-state index < -0.39 is 5.56 Å². The van der Waals surface area contributed by atoms with Crippen LogP contribution in [-0.4, -0.2) is 23.0 Å². The number of hydrogen-bond acceptors (Lipinski definition) is 9. The number of carbonyl (C=O) groups excluding carboxylic acids is 1. The zero-order valence-electron chi connectivity index (χ0n) is 18.4. The van der Waals surface area contributed by atoms with Crippen molar-refractivity contribution in [2.75, 3.05) is 12.4 Å². The molecule has 9 nitrogen and oxygen atoms in total. The number of anilines is 1. The highest BCUT2D eigenvalue weighted by molar-refractivity contribution is 8.01. The standard InChI is InChI=1S/C23H22N6O3S2/c1-13(25)20(34-26)22(31)27-16-8-6-14(7-9-16)12-33-23-28-19(18(11-24)21(30)29-23)15-4-3-5-17(10-15)32-2/h3-10H,12,25-26H2,1-2H3,(H,27,31)(H,28,29,30)/b20-13-. The average molecular weight is 495 g/mol. The molecule has 0 spiro atoms. The van der Waals surface area contributed by atoms with Gasteiger partial charge in [-0.25, -0.2) is 4.98 Å². The summed E-state index contributed by atoms with van der Waals surface area (Å²) in [7, 11) is 1.54. The van der Waals surface area contributed by atoms with Crippen LogP contribution in [0.3, 0.4) is 0 Å². The first-order chi connectivity index (χ1) is 16.4. The van der Waals surface area contributed by atoms with Gasteiger partial charge >= 0.3 is 0 Å². The number of nitrogens with one attached hydrogen (secondary N) is 2. The predicted octanol–water partition coefficient (Wildman–Crippen LogP) is 3.35. The highest BCUT2D eigenvalue weighted by Crippen LogP contribution is 2.27. The Morgan fingerprint density at radius 1 is 1.26 bits per heavy atom. The Bertz CT molecular complexity index is 1330. The van der Waals surface area contributed by atoms with Crippen LogP contribution >= 0.6 is 23.7 Å². The van der Waals surface area contributed by atoms with Crippen molar-refractivity contribution >= 4 is 35.3 Å². The second-order valence-electron chi connectivity index (χ2n) is 7.01. The first-order valence-electron chi connectivity index (χ1n) is 9.91. The second-order valence-corrected chi connectivity index (χ2v) is 8.62. The first-order valence-corrected chi connectivity index (χ1v) is 11.8. The van der Waals surface area contributed by atoms with Crippen molar-refractivity contribution in [1.29, 1.82) is 5.26 Å². The van der Waals surface area contributed by atoms with Crippen LogP contribution in [0.25, 0.3) is 11.3 Å². The molecular weight excluding hydrogens is 472 g/mol. The smallest absolute Gasteiger partial charge is 0.270 e. The van der Waals surface area contributed by atoms with Gasteiger partial charge in [-0.05, 0) is 48.7 Å². The fraction of sp³-hybridized carbons (Fsp3) is 0.130. The number of aromatic nitrogens is 2. The summed E-state index contributed by atoms with van der Waals surface area (Å²) in [6.07, 6.45) is 0. The Morgan fingerprint density at radius 3 is 2.62 bits per heavy atom. The summed E-state index contributed by atoms with van der Waals surface area (Å²) in [4.78, 5) is 32.1. The molecule has 34 heavy (non-hydrogen) atoms. The predicted molar refractivity (Wildman–Crippen MR) is 135 cm³/mol. The maximum Gasteiger partial charge on any atom is 0.270 e. The number of thioether (sulfide) groups is 1. The third kappa shape index (κ3) is 5.99. The fourth-order valence-corrected chi connectivity index (χ4v) is 4.11. The number of hydrogen-bond donors (Lipinski definition) is 4. The van der Waals surface area contributed by atoms with Crippen LogP contribution in [0.4, 0.5) is 5.69 Å². The molecule has 3 aromatic rings.